The molecular weight excluding hydrogens is 468 g/mol. The van der Waals surface area contributed by atoms with Gasteiger partial charge in [0, 0.05) is 19.9 Å². The van der Waals surface area contributed by atoms with Crippen LogP contribution in [0.2, 0.25) is 0 Å². The molecule has 0 aliphatic heterocycles. The Bertz CT molecular complexity index is 1230. The number of aryl methyl sites for hydroxylation is 1. The average Bonchev–Trinajstić information content (AvgIpc) is 3.49. The maximum atomic E-state index is 12.9. The lowest BCUT2D eigenvalue weighted by Gasteiger charge is -2.19. The quantitative estimate of drug-likeness (QED) is 0.286. The highest BCUT2D eigenvalue weighted by Gasteiger charge is 2.36. The van der Waals surface area contributed by atoms with Gasteiger partial charge >= 0.3 is 17.6 Å². The minimum Gasteiger partial charge on any atom is -0.438 e. The number of imide groups is 1. The molecule has 1 saturated carbocycles. The molecule has 0 saturated heterocycles. The third kappa shape index (κ3) is 7.27. The Morgan fingerprint density at radius 1 is 1.14 bits per heavy atom. The first kappa shape index (κ1) is 26.7. The van der Waals surface area contributed by atoms with Gasteiger partial charge < -0.3 is 19.2 Å². The molecule has 2 N–H and O–H groups in total. The molecule has 10 heteroatoms. The van der Waals surface area contributed by atoms with Gasteiger partial charge in [0.15, 0.2) is 6.23 Å². The van der Waals surface area contributed by atoms with E-state index in [0.29, 0.717) is 17.4 Å². The van der Waals surface area contributed by atoms with Gasteiger partial charge in [0.05, 0.1) is 0 Å². The van der Waals surface area contributed by atoms with E-state index < -0.39 is 35.6 Å². The van der Waals surface area contributed by atoms with Crippen molar-refractivity contribution in [2.24, 2.45) is 5.41 Å². The zero-order chi connectivity index (χ0) is 26.5. The summed E-state index contributed by atoms with van der Waals surface area (Å²) in [7, 11) is 0. The summed E-state index contributed by atoms with van der Waals surface area (Å²) in [6, 6.07) is 7.30. The Morgan fingerprint density at radius 2 is 1.83 bits per heavy atom. The van der Waals surface area contributed by atoms with E-state index in [0.717, 1.165) is 25.7 Å². The van der Waals surface area contributed by atoms with Crippen molar-refractivity contribution >= 4 is 29.6 Å². The van der Waals surface area contributed by atoms with Crippen molar-refractivity contribution in [3.63, 3.8) is 0 Å². The number of amides is 2. The van der Waals surface area contributed by atoms with Crippen LogP contribution in [-0.2, 0) is 20.7 Å². The van der Waals surface area contributed by atoms with Crippen LogP contribution in [0.1, 0.15) is 79.7 Å². The Balaban J connectivity index is 1.82. The van der Waals surface area contributed by atoms with Crippen molar-refractivity contribution in [2.75, 3.05) is 5.32 Å². The number of benzene rings is 1. The van der Waals surface area contributed by atoms with Crippen LogP contribution in [0.15, 0.2) is 39.5 Å². The van der Waals surface area contributed by atoms with E-state index in [9.17, 15) is 24.0 Å². The largest absolute Gasteiger partial charge is 0.438 e. The third-order valence-corrected chi connectivity index (χ3v) is 5.87. The summed E-state index contributed by atoms with van der Waals surface area (Å²) >= 11 is 0. The van der Waals surface area contributed by atoms with Crippen LogP contribution < -0.4 is 21.0 Å². The normalized spacial score (nSPS) is 14.3. The van der Waals surface area contributed by atoms with Gasteiger partial charge in [-0.1, -0.05) is 19.1 Å². The second-order valence-corrected chi connectivity index (χ2v) is 9.25. The second-order valence-electron chi connectivity index (χ2n) is 9.25. The van der Waals surface area contributed by atoms with Gasteiger partial charge in [-0.2, -0.15) is 0 Å². The predicted octanol–water partition coefficient (Wildman–Crippen LogP) is 3.58. The molecule has 1 aliphatic carbocycles. The van der Waals surface area contributed by atoms with Crippen molar-refractivity contribution in [1.82, 2.24) is 5.32 Å². The van der Waals surface area contributed by atoms with E-state index in [1.165, 1.54) is 39.0 Å². The fraction of sp³-hybridized carbons (Fsp3) is 0.423. The molecule has 1 heterocycles. The van der Waals surface area contributed by atoms with Crippen LogP contribution in [0.4, 0.5) is 5.88 Å². The van der Waals surface area contributed by atoms with Gasteiger partial charge in [0.25, 0.3) is 5.91 Å². The summed E-state index contributed by atoms with van der Waals surface area (Å²) in [4.78, 5) is 60.8. The van der Waals surface area contributed by atoms with Gasteiger partial charge in [-0.3, -0.25) is 19.7 Å². The summed E-state index contributed by atoms with van der Waals surface area (Å²) in [6.45, 7) is 6.07. The Labute approximate surface area is 208 Å². The molecule has 0 spiro atoms. The van der Waals surface area contributed by atoms with E-state index in [4.69, 9.17) is 13.9 Å². The van der Waals surface area contributed by atoms with Crippen LogP contribution >= 0.6 is 0 Å². The monoisotopic (exact) mass is 498 g/mol. The van der Waals surface area contributed by atoms with E-state index in [1.807, 2.05) is 0 Å². The molecule has 0 bridgehead atoms. The average molecular weight is 499 g/mol. The summed E-state index contributed by atoms with van der Waals surface area (Å²) in [5, 5.41) is 4.94. The highest BCUT2D eigenvalue weighted by molar-refractivity contribution is 6.07. The summed E-state index contributed by atoms with van der Waals surface area (Å²) < 4.78 is 15.7. The molecule has 1 aliphatic rings. The third-order valence-electron chi connectivity index (χ3n) is 5.87. The van der Waals surface area contributed by atoms with Crippen LogP contribution in [-0.4, -0.2) is 30.0 Å². The summed E-state index contributed by atoms with van der Waals surface area (Å²) in [5.74, 6) is -2.91. The number of carbonyl (C=O) groups excluding carboxylic acids is 4. The van der Waals surface area contributed by atoms with E-state index in [1.54, 1.807) is 12.1 Å². The Morgan fingerprint density at radius 3 is 2.47 bits per heavy atom. The first-order valence-corrected chi connectivity index (χ1v) is 11.7. The molecule has 192 valence electrons. The second kappa shape index (κ2) is 11.2. The van der Waals surface area contributed by atoms with Crippen LogP contribution in [0.5, 0.6) is 5.75 Å². The zero-order valence-electron chi connectivity index (χ0n) is 20.8. The number of ether oxygens (including phenoxy) is 2. The van der Waals surface area contributed by atoms with Gasteiger partial charge in [-0.05, 0) is 62.1 Å². The molecule has 1 unspecified atom stereocenters. The van der Waals surface area contributed by atoms with E-state index >= 15 is 0 Å². The smallest absolute Gasteiger partial charge is 0.343 e. The lowest BCUT2D eigenvalue weighted by Crippen LogP contribution is -2.32. The van der Waals surface area contributed by atoms with E-state index in [2.05, 4.69) is 17.6 Å². The first-order chi connectivity index (χ1) is 17.0. The number of esters is 2. The minimum absolute atomic E-state index is 0.00559. The number of hydrogen-bond acceptors (Lipinski definition) is 9. The summed E-state index contributed by atoms with van der Waals surface area (Å²) in [6.07, 6.45) is 3.36. The molecule has 1 aromatic heterocycles. The van der Waals surface area contributed by atoms with Crippen molar-refractivity contribution < 1.29 is 33.1 Å². The number of hydrogen-bond donors (Lipinski definition) is 2. The lowest BCUT2D eigenvalue weighted by atomic mass is 9.97. The maximum absolute atomic E-state index is 12.9. The van der Waals surface area contributed by atoms with Gasteiger partial charge in [-0.15, -0.1) is 0 Å². The molecular formula is C26H30N2O8. The molecule has 0 radical (unpaired) electrons. The SMILES string of the molecule is CC(=O)NC(=O)c1c(CCCC2(C)CC2)cc(=O)oc1NC(C)OC(=O)c1ccccc1OC(C)=O. The molecule has 1 aromatic carbocycles. The maximum Gasteiger partial charge on any atom is 0.343 e. The molecule has 10 nitrogen and oxygen atoms in total. The van der Waals surface area contributed by atoms with Crippen LogP contribution in [0, 0.1) is 5.41 Å². The Kier molecular flexibility index (Phi) is 8.29. The number of para-hydroxylation sites is 1. The van der Waals surface area contributed by atoms with E-state index in [-0.39, 0.29) is 22.8 Å². The summed E-state index contributed by atoms with van der Waals surface area (Å²) in [5.41, 5.74) is 0.0420. The van der Waals surface area contributed by atoms with Gasteiger partial charge in [-0.25, -0.2) is 9.59 Å². The fourth-order valence-electron chi connectivity index (χ4n) is 3.80. The first-order valence-electron chi connectivity index (χ1n) is 11.7. The molecule has 1 fully saturated rings. The van der Waals surface area contributed by atoms with Crippen molar-refractivity contribution in [1.29, 1.82) is 0 Å². The highest BCUT2D eigenvalue weighted by Crippen LogP contribution is 2.49. The van der Waals surface area contributed by atoms with Crippen molar-refractivity contribution in [3.8, 4) is 5.75 Å². The zero-order valence-corrected chi connectivity index (χ0v) is 20.8. The number of nitrogens with one attached hydrogen (secondary N) is 2. The standard InChI is InChI=1S/C26H30N2O8/c1-15(29)27-23(32)22-18(8-7-11-26(4)12-13-26)14-21(31)36-24(22)28-16(2)34-25(33)19-9-5-6-10-20(19)35-17(3)30/h5-6,9-10,14,16,28H,7-8,11-13H2,1-4H3,(H,27,29,32). The Hall–Kier alpha value is -3.95. The van der Waals surface area contributed by atoms with Gasteiger partial charge in [0.2, 0.25) is 11.8 Å². The van der Waals surface area contributed by atoms with Crippen molar-refractivity contribution in [2.45, 2.75) is 66.0 Å². The predicted molar refractivity (Wildman–Crippen MR) is 130 cm³/mol. The van der Waals surface area contributed by atoms with Crippen LogP contribution in [0.3, 0.4) is 0 Å². The number of rotatable bonds is 10. The van der Waals surface area contributed by atoms with Gasteiger partial charge in [0.1, 0.15) is 16.9 Å². The molecule has 2 aromatic rings. The molecule has 3 rings (SSSR count). The van der Waals surface area contributed by atoms with Crippen molar-refractivity contribution in [3.05, 3.63) is 57.4 Å². The topological polar surface area (TPSA) is 141 Å². The number of anilines is 1. The fourth-order valence-corrected chi connectivity index (χ4v) is 3.80. The molecule has 1 atom stereocenters. The molecule has 36 heavy (non-hydrogen) atoms. The number of carbonyl (C=O) groups is 4. The van der Waals surface area contributed by atoms with Crippen LogP contribution in [0.25, 0.3) is 0 Å². The highest BCUT2D eigenvalue weighted by atomic mass is 16.6. The minimum atomic E-state index is -1.06. The molecule has 2 amide bonds. The lowest BCUT2D eigenvalue weighted by molar-refractivity contribution is -0.131.